The van der Waals surface area contributed by atoms with E-state index in [0.29, 0.717) is 17.3 Å². The van der Waals surface area contributed by atoms with Crippen molar-refractivity contribution in [3.63, 3.8) is 0 Å². The van der Waals surface area contributed by atoms with E-state index in [0.717, 1.165) is 41.0 Å². The zero-order valence-electron chi connectivity index (χ0n) is 21.6. The van der Waals surface area contributed by atoms with E-state index in [4.69, 9.17) is 11.6 Å². The van der Waals surface area contributed by atoms with Crippen molar-refractivity contribution in [2.45, 2.75) is 32.7 Å². The fraction of sp³-hybridized carbons (Fsp3) is 0.226. The zero-order chi connectivity index (χ0) is 26.6. The Balaban J connectivity index is 1.51. The van der Waals surface area contributed by atoms with Crippen LogP contribution in [0.25, 0.3) is 5.69 Å². The number of unbranched alkanes of at least 4 members (excludes halogenated alkanes) is 1. The lowest BCUT2D eigenvalue weighted by Crippen LogP contribution is -2.48. The Bertz CT molecular complexity index is 1460. The van der Waals surface area contributed by atoms with Crippen LogP contribution in [0.15, 0.2) is 91.1 Å². The van der Waals surface area contributed by atoms with E-state index in [2.05, 4.69) is 48.0 Å². The number of aryl methyl sites for hydroxylation is 1. The summed E-state index contributed by atoms with van der Waals surface area (Å²) in [5.74, 6) is -0.145. The highest BCUT2D eigenvalue weighted by Crippen LogP contribution is 2.42. The first-order chi connectivity index (χ1) is 18.5. The molecule has 1 unspecified atom stereocenters. The summed E-state index contributed by atoms with van der Waals surface area (Å²) in [6.45, 7) is 4.54. The molecule has 5 rings (SSSR count). The molecule has 1 aromatic heterocycles. The van der Waals surface area contributed by atoms with E-state index in [1.54, 1.807) is 29.2 Å². The minimum Gasteiger partial charge on any atom is -0.316 e. The van der Waals surface area contributed by atoms with Gasteiger partial charge in [-0.15, -0.1) is 0 Å². The number of carbonyl (C=O) groups is 2. The van der Waals surface area contributed by atoms with Crippen LogP contribution in [-0.4, -0.2) is 34.5 Å². The second kappa shape index (κ2) is 11.2. The zero-order valence-corrected chi connectivity index (χ0v) is 22.4. The van der Waals surface area contributed by atoms with Crippen LogP contribution in [0.3, 0.4) is 0 Å². The summed E-state index contributed by atoms with van der Waals surface area (Å²) in [6.07, 6.45) is 3.73. The molecule has 194 valence electrons. The highest BCUT2D eigenvalue weighted by molar-refractivity contribution is 6.30. The number of nitrogens with zero attached hydrogens (tertiary/aromatic N) is 3. The van der Waals surface area contributed by atoms with Crippen molar-refractivity contribution in [3.05, 3.63) is 113 Å². The van der Waals surface area contributed by atoms with Crippen LogP contribution < -0.4 is 10.2 Å². The van der Waals surface area contributed by atoms with E-state index in [1.165, 1.54) is 0 Å². The van der Waals surface area contributed by atoms with E-state index < -0.39 is 0 Å². The van der Waals surface area contributed by atoms with Crippen molar-refractivity contribution < 1.29 is 9.59 Å². The molecule has 3 amide bonds. The van der Waals surface area contributed by atoms with Gasteiger partial charge in [-0.3, -0.25) is 9.69 Å². The maximum absolute atomic E-state index is 14.2. The standard InChI is InChI=1S/C31H31ClN4O2/c1-3-4-17-34(31(38)33-25-13-8-12-24(32)20-25)21-29(37)36-27-15-6-5-14-26(27)35-18-9-16-28(35)30(36)23-11-7-10-22(2)19-23/h5-16,18-20,30H,3-4,17,21H2,1-2H3,(H,33,38). The Morgan fingerprint density at radius 1 is 0.947 bits per heavy atom. The second-order valence-electron chi connectivity index (χ2n) is 9.59. The van der Waals surface area contributed by atoms with Gasteiger partial charge in [0.25, 0.3) is 0 Å². The normalized spacial score (nSPS) is 14.0. The number of nitrogens with one attached hydrogen (secondary N) is 1. The van der Waals surface area contributed by atoms with Gasteiger partial charge in [-0.25, -0.2) is 4.79 Å². The number of hydrogen-bond acceptors (Lipinski definition) is 2. The van der Waals surface area contributed by atoms with Crippen LogP contribution in [0.5, 0.6) is 0 Å². The molecule has 38 heavy (non-hydrogen) atoms. The predicted molar refractivity (Wildman–Crippen MR) is 153 cm³/mol. The molecule has 0 spiro atoms. The number of aromatic nitrogens is 1. The highest BCUT2D eigenvalue weighted by Gasteiger charge is 2.37. The van der Waals surface area contributed by atoms with Gasteiger partial charge < -0.3 is 14.8 Å². The maximum Gasteiger partial charge on any atom is 0.322 e. The van der Waals surface area contributed by atoms with Gasteiger partial charge in [-0.1, -0.05) is 73.0 Å². The van der Waals surface area contributed by atoms with Gasteiger partial charge in [0.05, 0.1) is 17.1 Å². The predicted octanol–water partition coefficient (Wildman–Crippen LogP) is 7.21. The Morgan fingerprint density at radius 2 is 1.74 bits per heavy atom. The lowest BCUT2D eigenvalue weighted by atomic mass is 9.96. The number of urea groups is 1. The van der Waals surface area contributed by atoms with Gasteiger partial charge in [0.2, 0.25) is 5.91 Å². The molecule has 1 aliphatic rings. The molecule has 0 fully saturated rings. The molecule has 0 bridgehead atoms. The van der Waals surface area contributed by atoms with Crippen molar-refractivity contribution in [2.75, 3.05) is 23.3 Å². The average Bonchev–Trinajstić information content (AvgIpc) is 3.40. The summed E-state index contributed by atoms with van der Waals surface area (Å²) in [5, 5.41) is 3.44. The van der Waals surface area contributed by atoms with Gasteiger partial charge in [0, 0.05) is 23.5 Å². The third-order valence-corrected chi connectivity index (χ3v) is 7.05. The molecule has 7 heteroatoms. The smallest absolute Gasteiger partial charge is 0.316 e. The Labute approximate surface area is 228 Å². The summed E-state index contributed by atoms with van der Waals surface area (Å²) >= 11 is 6.11. The molecule has 3 aromatic carbocycles. The third kappa shape index (κ3) is 5.18. The minimum atomic E-state index is -0.324. The molecule has 2 heterocycles. The van der Waals surface area contributed by atoms with Gasteiger partial charge in [0.1, 0.15) is 12.6 Å². The van der Waals surface area contributed by atoms with Crippen LogP contribution >= 0.6 is 11.6 Å². The molecule has 1 aliphatic heterocycles. The number of hydrogen-bond donors (Lipinski definition) is 1. The van der Waals surface area contributed by atoms with E-state index in [-0.39, 0.29) is 24.5 Å². The molecule has 0 aliphatic carbocycles. The molecule has 0 saturated carbocycles. The van der Waals surface area contributed by atoms with E-state index in [9.17, 15) is 9.59 Å². The molecule has 0 radical (unpaired) electrons. The van der Waals surface area contributed by atoms with Crippen molar-refractivity contribution in [1.82, 2.24) is 9.47 Å². The number of amides is 3. The quantitative estimate of drug-likeness (QED) is 0.276. The average molecular weight is 527 g/mol. The first kappa shape index (κ1) is 25.6. The summed E-state index contributed by atoms with van der Waals surface area (Å²) < 4.78 is 2.15. The van der Waals surface area contributed by atoms with Gasteiger partial charge in [-0.05, 0) is 61.4 Å². The first-order valence-corrected chi connectivity index (χ1v) is 13.3. The number of fused-ring (bicyclic) bond motifs is 3. The summed E-state index contributed by atoms with van der Waals surface area (Å²) in [5.41, 5.74) is 5.50. The van der Waals surface area contributed by atoms with Gasteiger partial charge in [0.15, 0.2) is 0 Å². The molecule has 1 N–H and O–H groups in total. The largest absolute Gasteiger partial charge is 0.322 e. The van der Waals surface area contributed by atoms with Gasteiger partial charge >= 0.3 is 6.03 Å². The number of halogens is 1. The molecule has 0 saturated heterocycles. The van der Waals surface area contributed by atoms with Crippen molar-refractivity contribution >= 4 is 34.9 Å². The van der Waals surface area contributed by atoms with Crippen LogP contribution in [0, 0.1) is 6.92 Å². The van der Waals surface area contributed by atoms with Crippen LogP contribution in [0.2, 0.25) is 5.02 Å². The van der Waals surface area contributed by atoms with Crippen molar-refractivity contribution in [3.8, 4) is 5.69 Å². The molecule has 1 atom stereocenters. The molecule has 4 aromatic rings. The second-order valence-corrected chi connectivity index (χ2v) is 10.0. The van der Waals surface area contributed by atoms with Crippen molar-refractivity contribution in [2.24, 2.45) is 0 Å². The number of benzene rings is 3. The minimum absolute atomic E-state index is 0.0518. The number of para-hydroxylation sites is 2. The summed E-state index contributed by atoms with van der Waals surface area (Å²) in [6, 6.07) is 26.6. The SMILES string of the molecule is CCCCN(CC(=O)N1c2ccccc2-n2cccc2C1c1cccc(C)c1)C(=O)Nc1cccc(Cl)c1. The molecule has 6 nitrogen and oxygen atoms in total. The van der Waals surface area contributed by atoms with E-state index in [1.807, 2.05) is 47.5 Å². The lowest BCUT2D eigenvalue weighted by molar-refractivity contribution is -0.119. The fourth-order valence-electron chi connectivity index (χ4n) is 5.03. The van der Waals surface area contributed by atoms with Crippen LogP contribution in [-0.2, 0) is 4.79 Å². The monoisotopic (exact) mass is 526 g/mol. The molecular formula is C31H31ClN4O2. The van der Waals surface area contributed by atoms with Gasteiger partial charge in [-0.2, -0.15) is 0 Å². The van der Waals surface area contributed by atoms with Crippen molar-refractivity contribution in [1.29, 1.82) is 0 Å². The Kier molecular flexibility index (Phi) is 7.52. The van der Waals surface area contributed by atoms with E-state index >= 15 is 0 Å². The number of rotatable bonds is 7. The Morgan fingerprint density at radius 3 is 2.50 bits per heavy atom. The first-order valence-electron chi connectivity index (χ1n) is 12.9. The Hall–Kier alpha value is -4.03. The van der Waals surface area contributed by atoms with Crippen LogP contribution in [0.4, 0.5) is 16.2 Å². The summed E-state index contributed by atoms with van der Waals surface area (Å²) in [4.78, 5) is 31.0. The maximum atomic E-state index is 14.2. The third-order valence-electron chi connectivity index (χ3n) is 6.82. The highest BCUT2D eigenvalue weighted by atomic mass is 35.5. The summed E-state index contributed by atoms with van der Waals surface area (Å²) in [7, 11) is 0. The molecular weight excluding hydrogens is 496 g/mol. The number of anilines is 2. The topological polar surface area (TPSA) is 57.6 Å². The van der Waals surface area contributed by atoms with Crippen LogP contribution in [0.1, 0.15) is 42.6 Å². The lowest BCUT2D eigenvalue weighted by Gasteiger charge is -2.39. The fourth-order valence-corrected chi connectivity index (χ4v) is 5.22. The number of carbonyl (C=O) groups excluding carboxylic acids is 2.